The fourth-order valence-corrected chi connectivity index (χ4v) is 0.995. The first kappa shape index (κ1) is 10.6. The third-order valence-corrected chi connectivity index (χ3v) is 1.74. The van der Waals surface area contributed by atoms with Crippen LogP contribution >= 0.6 is 0 Å². The van der Waals surface area contributed by atoms with Crippen LogP contribution in [0.4, 0.5) is 13.2 Å². The number of carbonyl (C=O) groups is 1. The summed E-state index contributed by atoms with van der Waals surface area (Å²) in [4.78, 5) is 10.8. The highest BCUT2D eigenvalue weighted by molar-refractivity contribution is 6.02. The summed E-state index contributed by atoms with van der Waals surface area (Å²) in [6, 6.07) is 3.65. The van der Waals surface area contributed by atoms with E-state index in [0.717, 1.165) is 6.07 Å². The third-order valence-electron chi connectivity index (χ3n) is 1.74. The van der Waals surface area contributed by atoms with Crippen LogP contribution in [-0.4, -0.2) is 17.1 Å². The van der Waals surface area contributed by atoms with Gasteiger partial charge in [0, 0.05) is 0 Å². The molecule has 2 nitrogen and oxygen atoms in total. The average molecular weight is 204 g/mol. The highest BCUT2D eigenvalue weighted by Gasteiger charge is 2.40. The molecule has 0 unspecified atom stereocenters. The van der Waals surface area contributed by atoms with E-state index in [9.17, 15) is 23.1 Å². The summed E-state index contributed by atoms with van der Waals surface area (Å²) in [5, 5.41) is 9.21. The van der Waals surface area contributed by atoms with E-state index in [1.165, 1.54) is 19.1 Å². The largest absolute Gasteiger partial charge is 0.507 e. The number of ketones is 1. The lowest BCUT2D eigenvalue weighted by Gasteiger charge is -2.08. The average Bonchev–Trinajstić information content (AvgIpc) is 2.07. The van der Waals surface area contributed by atoms with Gasteiger partial charge in [-0.3, -0.25) is 4.79 Å². The lowest BCUT2D eigenvalue weighted by molar-refractivity contribution is -0.0886. The molecule has 5 heteroatoms. The smallest absolute Gasteiger partial charge is 0.455 e. The molecular weight excluding hydrogens is 197 g/mol. The van der Waals surface area contributed by atoms with Crippen LogP contribution in [0, 0.1) is 6.92 Å². The fraction of sp³-hybridized carbons (Fsp3) is 0.222. The van der Waals surface area contributed by atoms with Gasteiger partial charge in [-0.05, 0) is 18.6 Å². The van der Waals surface area contributed by atoms with Crippen molar-refractivity contribution in [3.8, 4) is 5.75 Å². The molecule has 14 heavy (non-hydrogen) atoms. The predicted octanol–water partition coefficient (Wildman–Crippen LogP) is 2.45. The molecule has 0 bridgehead atoms. The Labute approximate surface area is 78.0 Å². The molecule has 0 aliphatic rings. The number of rotatable bonds is 1. The molecule has 0 fully saturated rings. The zero-order valence-electron chi connectivity index (χ0n) is 7.22. The van der Waals surface area contributed by atoms with Gasteiger partial charge in [-0.1, -0.05) is 12.1 Å². The van der Waals surface area contributed by atoms with Crippen LogP contribution in [0.1, 0.15) is 15.9 Å². The molecule has 76 valence electrons. The minimum atomic E-state index is -4.95. The highest BCUT2D eigenvalue weighted by atomic mass is 19.4. The Bertz CT molecular complexity index is 369. The van der Waals surface area contributed by atoms with Crippen molar-refractivity contribution in [3.63, 3.8) is 0 Å². The van der Waals surface area contributed by atoms with Crippen molar-refractivity contribution in [1.29, 1.82) is 0 Å². The molecular formula is C9H7F3O2. The molecule has 1 N–H and O–H groups in total. The van der Waals surface area contributed by atoms with E-state index in [-0.39, 0.29) is 5.56 Å². The van der Waals surface area contributed by atoms with Crippen LogP contribution in [0.5, 0.6) is 5.75 Å². The van der Waals surface area contributed by atoms with E-state index in [1.807, 2.05) is 0 Å². The van der Waals surface area contributed by atoms with Gasteiger partial charge in [-0.2, -0.15) is 13.2 Å². The number of halogens is 3. The fourth-order valence-electron chi connectivity index (χ4n) is 0.995. The predicted molar refractivity (Wildman–Crippen MR) is 43.2 cm³/mol. The van der Waals surface area contributed by atoms with Gasteiger partial charge in [0.25, 0.3) is 5.78 Å². The number of hydrogen-bond acceptors (Lipinski definition) is 2. The van der Waals surface area contributed by atoms with E-state index >= 15 is 0 Å². The minimum absolute atomic E-state index is 0.236. The second-order valence-corrected chi connectivity index (χ2v) is 2.80. The lowest BCUT2D eigenvalue weighted by atomic mass is 10.1. The van der Waals surface area contributed by atoms with Gasteiger partial charge in [0.1, 0.15) is 5.75 Å². The zero-order valence-corrected chi connectivity index (χ0v) is 7.22. The Hall–Kier alpha value is -1.52. The van der Waals surface area contributed by atoms with Crippen molar-refractivity contribution in [3.05, 3.63) is 29.3 Å². The molecule has 1 aromatic carbocycles. The molecule has 0 amide bonds. The van der Waals surface area contributed by atoms with Crippen LogP contribution in [0.25, 0.3) is 0 Å². The van der Waals surface area contributed by atoms with Crippen LogP contribution in [0.15, 0.2) is 18.2 Å². The van der Waals surface area contributed by atoms with Crippen molar-refractivity contribution in [2.75, 3.05) is 0 Å². The Morgan fingerprint density at radius 2 is 1.93 bits per heavy atom. The number of Topliss-reactive ketones (excluding diaryl/α,β-unsaturated/α-hetero) is 1. The number of phenolic OH excluding ortho intramolecular Hbond substituents is 1. The molecule has 0 spiro atoms. The van der Waals surface area contributed by atoms with E-state index in [2.05, 4.69) is 0 Å². The standard InChI is InChI=1S/C9H7F3O2/c1-5-3-2-4-6(7(5)13)8(14)9(10,11)12/h2-4,13H,1H3. The normalized spacial score (nSPS) is 11.4. The first-order valence-corrected chi connectivity index (χ1v) is 3.74. The number of aromatic hydroxyl groups is 1. The Morgan fingerprint density at radius 1 is 1.36 bits per heavy atom. The van der Waals surface area contributed by atoms with E-state index < -0.39 is 23.3 Å². The first-order valence-electron chi connectivity index (χ1n) is 3.74. The zero-order chi connectivity index (χ0) is 10.9. The molecule has 0 saturated heterocycles. The molecule has 0 atom stereocenters. The summed E-state index contributed by atoms with van der Waals surface area (Å²) in [6.07, 6.45) is -4.95. The molecule has 0 aromatic heterocycles. The first-order chi connectivity index (χ1) is 6.34. The van der Waals surface area contributed by atoms with E-state index in [4.69, 9.17) is 0 Å². The number of phenols is 1. The van der Waals surface area contributed by atoms with Crippen molar-refractivity contribution < 1.29 is 23.1 Å². The second kappa shape index (κ2) is 3.32. The third kappa shape index (κ3) is 1.86. The number of alkyl halides is 3. The van der Waals surface area contributed by atoms with Crippen molar-refractivity contribution in [2.24, 2.45) is 0 Å². The van der Waals surface area contributed by atoms with Gasteiger partial charge in [-0.25, -0.2) is 0 Å². The van der Waals surface area contributed by atoms with Crippen molar-refractivity contribution in [2.45, 2.75) is 13.1 Å². The van der Waals surface area contributed by atoms with Crippen molar-refractivity contribution in [1.82, 2.24) is 0 Å². The number of para-hydroxylation sites is 1. The SMILES string of the molecule is Cc1cccc(C(=O)C(F)(F)F)c1O. The maximum Gasteiger partial charge on any atom is 0.455 e. The topological polar surface area (TPSA) is 37.3 Å². The van der Waals surface area contributed by atoms with E-state index in [1.54, 1.807) is 0 Å². The van der Waals surface area contributed by atoms with Gasteiger partial charge < -0.3 is 5.11 Å². The summed E-state index contributed by atoms with van der Waals surface area (Å²) < 4.78 is 36.0. The Kier molecular flexibility index (Phi) is 2.51. The van der Waals surface area contributed by atoms with Crippen molar-refractivity contribution >= 4 is 5.78 Å². The number of benzene rings is 1. The van der Waals surface area contributed by atoms with Gasteiger partial charge in [0.15, 0.2) is 0 Å². The summed E-state index contributed by atoms with van der Waals surface area (Å²) >= 11 is 0. The van der Waals surface area contributed by atoms with Gasteiger partial charge in [0.2, 0.25) is 0 Å². The summed E-state index contributed by atoms with van der Waals surface area (Å²) in [5.41, 5.74) is -0.474. The van der Waals surface area contributed by atoms with Gasteiger partial charge in [-0.15, -0.1) is 0 Å². The van der Waals surface area contributed by atoms with Crippen LogP contribution in [0.2, 0.25) is 0 Å². The molecule has 1 aromatic rings. The van der Waals surface area contributed by atoms with E-state index in [0.29, 0.717) is 0 Å². The lowest BCUT2D eigenvalue weighted by Crippen LogP contribution is -2.22. The van der Waals surface area contributed by atoms with Crippen LogP contribution in [-0.2, 0) is 0 Å². The number of hydrogen-bond donors (Lipinski definition) is 1. The quantitative estimate of drug-likeness (QED) is 0.713. The molecule has 0 heterocycles. The second-order valence-electron chi connectivity index (χ2n) is 2.80. The Balaban J connectivity index is 3.21. The molecule has 0 aliphatic carbocycles. The monoisotopic (exact) mass is 204 g/mol. The summed E-state index contributed by atoms with van der Waals surface area (Å²) in [5.74, 6) is -2.64. The Morgan fingerprint density at radius 3 is 2.43 bits per heavy atom. The molecule has 0 saturated carbocycles. The van der Waals surface area contributed by atoms with Gasteiger partial charge in [0.05, 0.1) is 5.56 Å². The molecule has 1 rings (SSSR count). The summed E-state index contributed by atoms with van der Waals surface area (Å²) in [6.45, 7) is 1.42. The minimum Gasteiger partial charge on any atom is -0.507 e. The molecule has 0 radical (unpaired) electrons. The summed E-state index contributed by atoms with van der Waals surface area (Å²) in [7, 11) is 0. The van der Waals surface area contributed by atoms with Crippen LogP contribution < -0.4 is 0 Å². The number of carbonyl (C=O) groups excluding carboxylic acids is 1. The van der Waals surface area contributed by atoms with Gasteiger partial charge >= 0.3 is 6.18 Å². The maximum absolute atomic E-state index is 12.0. The van der Waals surface area contributed by atoms with Crippen LogP contribution in [0.3, 0.4) is 0 Å². The maximum atomic E-state index is 12.0. The number of aryl methyl sites for hydroxylation is 1. The highest BCUT2D eigenvalue weighted by Crippen LogP contribution is 2.28. The molecule has 0 aliphatic heterocycles.